The first-order valence-corrected chi connectivity index (χ1v) is 3.65. The van der Waals surface area contributed by atoms with E-state index in [0.29, 0.717) is 0 Å². The van der Waals surface area contributed by atoms with Crippen LogP contribution in [0.3, 0.4) is 0 Å². The number of anilines is 2. The molecule has 7 nitrogen and oxygen atoms in total. The van der Waals surface area contributed by atoms with Crippen molar-refractivity contribution in [1.29, 1.82) is 0 Å². The molecule has 1 aromatic heterocycles. The number of rotatable bonds is 0. The van der Waals surface area contributed by atoms with Crippen molar-refractivity contribution < 1.29 is 5.21 Å². The summed E-state index contributed by atoms with van der Waals surface area (Å²) in [6, 6.07) is 0. The van der Waals surface area contributed by atoms with Crippen molar-refractivity contribution in [3.05, 3.63) is 20.8 Å². The number of fused-ring (bicyclic) bond motifs is 1. The minimum atomic E-state index is -0.550. The van der Waals surface area contributed by atoms with Gasteiger partial charge in [-0.3, -0.25) is 19.6 Å². The van der Waals surface area contributed by atoms with Crippen LogP contribution in [-0.4, -0.2) is 21.4 Å². The van der Waals surface area contributed by atoms with Gasteiger partial charge in [0.15, 0.2) is 5.82 Å². The van der Waals surface area contributed by atoms with Gasteiger partial charge in [0.1, 0.15) is 12.4 Å². The van der Waals surface area contributed by atoms with Gasteiger partial charge in [-0.15, -0.1) is 0 Å². The highest BCUT2D eigenvalue weighted by atomic mass is 16.5. The molecule has 7 heteroatoms. The van der Waals surface area contributed by atoms with Gasteiger partial charge < -0.3 is 5.32 Å². The van der Waals surface area contributed by atoms with E-state index in [4.69, 9.17) is 0 Å². The highest BCUT2D eigenvalue weighted by Crippen LogP contribution is 2.22. The van der Waals surface area contributed by atoms with Crippen molar-refractivity contribution in [3.63, 3.8) is 0 Å². The Morgan fingerprint density at radius 3 is 2.85 bits per heavy atom. The summed E-state index contributed by atoms with van der Waals surface area (Å²) in [6.07, 6.45) is 0. The van der Waals surface area contributed by atoms with Crippen LogP contribution in [0.2, 0.25) is 0 Å². The van der Waals surface area contributed by atoms with E-state index in [-0.39, 0.29) is 18.2 Å². The zero-order valence-corrected chi connectivity index (χ0v) is 6.87. The molecule has 0 saturated carbocycles. The Bertz CT molecular complexity index is 460. The standard InChI is InChI=1S/C6H8N4O3/c1-9-5-3(7-2-10(5)13)4(11)8-6(9)12/h7,13H,2H2,1H3,(H,8,11,12). The SMILES string of the molecule is Cn1c2c(c(=O)[nH]c1=O)NCN2O. The van der Waals surface area contributed by atoms with Crippen molar-refractivity contribution in [2.45, 2.75) is 0 Å². The maximum absolute atomic E-state index is 11.2. The Morgan fingerprint density at radius 2 is 2.15 bits per heavy atom. The van der Waals surface area contributed by atoms with E-state index >= 15 is 0 Å². The molecular weight excluding hydrogens is 176 g/mol. The van der Waals surface area contributed by atoms with Gasteiger partial charge in [-0.2, -0.15) is 0 Å². The van der Waals surface area contributed by atoms with Crippen LogP contribution < -0.4 is 21.6 Å². The van der Waals surface area contributed by atoms with E-state index in [1.165, 1.54) is 7.05 Å². The summed E-state index contributed by atoms with van der Waals surface area (Å²) in [6.45, 7) is 0.107. The number of nitrogens with one attached hydrogen (secondary N) is 2. The highest BCUT2D eigenvalue weighted by molar-refractivity contribution is 5.68. The predicted molar refractivity (Wildman–Crippen MR) is 45.1 cm³/mol. The Hall–Kier alpha value is -1.76. The van der Waals surface area contributed by atoms with Crippen LogP contribution >= 0.6 is 0 Å². The van der Waals surface area contributed by atoms with Crippen LogP contribution in [0.1, 0.15) is 0 Å². The third-order valence-electron chi connectivity index (χ3n) is 1.94. The predicted octanol–water partition coefficient (Wildman–Crippen LogP) is -1.35. The fourth-order valence-electron chi connectivity index (χ4n) is 1.30. The van der Waals surface area contributed by atoms with E-state index < -0.39 is 11.2 Å². The zero-order chi connectivity index (χ0) is 9.59. The molecule has 0 spiro atoms. The molecular formula is C6H8N4O3. The largest absolute Gasteiger partial charge is 0.358 e. The summed E-state index contributed by atoms with van der Waals surface area (Å²) in [5.74, 6) is 0.189. The highest BCUT2D eigenvalue weighted by Gasteiger charge is 2.23. The zero-order valence-electron chi connectivity index (χ0n) is 6.87. The molecule has 0 bridgehead atoms. The van der Waals surface area contributed by atoms with Crippen LogP contribution in [0.4, 0.5) is 11.5 Å². The number of hydrogen-bond donors (Lipinski definition) is 3. The smallest absolute Gasteiger partial charge is 0.329 e. The summed E-state index contributed by atoms with van der Waals surface area (Å²) < 4.78 is 1.16. The van der Waals surface area contributed by atoms with Gasteiger partial charge in [-0.05, 0) is 0 Å². The van der Waals surface area contributed by atoms with Crippen molar-refractivity contribution in [2.75, 3.05) is 17.0 Å². The monoisotopic (exact) mass is 184 g/mol. The molecule has 1 aliphatic rings. The Labute approximate surface area is 72.2 Å². The van der Waals surface area contributed by atoms with Gasteiger partial charge in [0.05, 0.1) is 0 Å². The number of hydroxylamine groups is 1. The summed E-state index contributed by atoms with van der Waals surface area (Å²) >= 11 is 0. The average molecular weight is 184 g/mol. The second kappa shape index (κ2) is 2.36. The lowest BCUT2D eigenvalue weighted by Gasteiger charge is -2.10. The van der Waals surface area contributed by atoms with Crippen LogP contribution in [0, 0.1) is 0 Å². The fraction of sp³-hybridized carbons (Fsp3) is 0.333. The first-order valence-electron chi connectivity index (χ1n) is 3.65. The normalized spacial score (nSPS) is 14.2. The molecule has 70 valence electrons. The number of hydrogen-bond acceptors (Lipinski definition) is 5. The lowest BCUT2D eigenvalue weighted by atomic mass is 10.5. The molecule has 0 aromatic carbocycles. The Balaban J connectivity index is 2.86. The molecule has 0 radical (unpaired) electrons. The van der Waals surface area contributed by atoms with Gasteiger partial charge in [0.25, 0.3) is 5.56 Å². The van der Waals surface area contributed by atoms with Gasteiger partial charge in [0.2, 0.25) is 0 Å². The minimum absolute atomic E-state index is 0.107. The molecule has 1 aromatic rings. The third-order valence-corrected chi connectivity index (χ3v) is 1.94. The first-order chi connectivity index (χ1) is 6.11. The van der Waals surface area contributed by atoms with Gasteiger partial charge >= 0.3 is 5.69 Å². The number of nitrogens with zero attached hydrogens (tertiary/aromatic N) is 2. The molecule has 2 rings (SSSR count). The third kappa shape index (κ3) is 0.937. The second-order valence-electron chi connectivity index (χ2n) is 2.75. The lowest BCUT2D eigenvalue weighted by molar-refractivity contribution is 0.262. The number of aromatic amines is 1. The van der Waals surface area contributed by atoms with Crippen LogP contribution in [0.15, 0.2) is 9.59 Å². The lowest BCUT2D eigenvalue weighted by Crippen LogP contribution is -2.30. The fourth-order valence-corrected chi connectivity index (χ4v) is 1.30. The maximum atomic E-state index is 11.2. The van der Waals surface area contributed by atoms with Crippen LogP contribution in [0.25, 0.3) is 0 Å². The molecule has 1 aliphatic heterocycles. The molecule has 13 heavy (non-hydrogen) atoms. The van der Waals surface area contributed by atoms with E-state index in [9.17, 15) is 14.8 Å². The molecule has 2 heterocycles. The van der Waals surface area contributed by atoms with Crippen molar-refractivity contribution >= 4 is 11.5 Å². The molecule has 0 saturated heterocycles. The van der Waals surface area contributed by atoms with Crippen LogP contribution in [-0.2, 0) is 7.05 Å². The summed E-state index contributed by atoms with van der Waals surface area (Å²) in [5, 5.41) is 12.7. The van der Waals surface area contributed by atoms with E-state index in [2.05, 4.69) is 10.3 Å². The molecule has 3 N–H and O–H groups in total. The average Bonchev–Trinajstić information content (AvgIpc) is 2.44. The topological polar surface area (TPSA) is 90.4 Å². The molecule has 0 unspecified atom stereocenters. The maximum Gasteiger partial charge on any atom is 0.329 e. The summed E-state index contributed by atoms with van der Waals surface area (Å²) in [7, 11) is 1.47. The van der Waals surface area contributed by atoms with E-state index in [0.717, 1.165) is 9.63 Å². The number of aromatic nitrogens is 2. The van der Waals surface area contributed by atoms with Gasteiger partial charge in [0, 0.05) is 7.05 Å². The minimum Gasteiger partial charge on any atom is -0.358 e. The second-order valence-corrected chi connectivity index (χ2v) is 2.75. The Kier molecular flexibility index (Phi) is 1.43. The number of H-pyrrole nitrogens is 1. The summed E-state index contributed by atoms with van der Waals surface area (Å²) in [5.41, 5.74) is -0.856. The molecule has 0 aliphatic carbocycles. The molecule has 0 amide bonds. The quantitative estimate of drug-likeness (QED) is 0.464. The first kappa shape index (κ1) is 7.87. The molecule has 0 atom stereocenters. The van der Waals surface area contributed by atoms with Crippen LogP contribution in [0.5, 0.6) is 0 Å². The molecule has 0 fully saturated rings. The van der Waals surface area contributed by atoms with E-state index in [1.807, 2.05) is 0 Å². The Morgan fingerprint density at radius 1 is 1.46 bits per heavy atom. The van der Waals surface area contributed by atoms with Gasteiger partial charge in [-0.25, -0.2) is 9.86 Å². The van der Waals surface area contributed by atoms with Crippen molar-refractivity contribution in [3.8, 4) is 0 Å². The van der Waals surface area contributed by atoms with Gasteiger partial charge in [-0.1, -0.05) is 0 Å². The van der Waals surface area contributed by atoms with Crippen molar-refractivity contribution in [2.24, 2.45) is 7.05 Å². The summed E-state index contributed by atoms with van der Waals surface area (Å²) in [4.78, 5) is 24.4. The van der Waals surface area contributed by atoms with Crippen molar-refractivity contribution in [1.82, 2.24) is 9.55 Å². The van der Waals surface area contributed by atoms with E-state index in [1.54, 1.807) is 0 Å².